The van der Waals surface area contributed by atoms with Gasteiger partial charge in [0.25, 0.3) is 5.91 Å². The Morgan fingerprint density at radius 2 is 2.00 bits per heavy atom. The van der Waals surface area contributed by atoms with E-state index in [1.807, 2.05) is 29.7 Å². The van der Waals surface area contributed by atoms with Gasteiger partial charge >= 0.3 is 0 Å². The fourth-order valence-corrected chi connectivity index (χ4v) is 4.76. The van der Waals surface area contributed by atoms with Crippen LogP contribution in [0.5, 0.6) is 0 Å². The number of benzene rings is 2. The molecule has 0 radical (unpaired) electrons. The number of fused-ring (bicyclic) bond motifs is 1. The number of amides is 1. The van der Waals surface area contributed by atoms with Gasteiger partial charge in [0, 0.05) is 22.8 Å². The van der Waals surface area contributed by atoms with Gasteiger partial charge < -0.3 is 4.57 Å². The first-order chi connectivity index (χ1) is 11.8. The van der Waals surface area contributed by atoms with Crippen LogP contribution in [0, 0.1) is 0 Å². The lowest BCUT2D eigenvalue weighted by molar-refractivity contribution is 0.0997. The normalized spacial score (nSPS) is 12.7. The molecule has 0 fully saturated rings. The molecule has 0 atom stereocenters. The maximum Gasteiger partial charge on any atom is 0.279 e. The molecular weight excluding hydrogens is 424 g/mol. The van der Waals surface area contributed by atoms with Gasteiger partial charge in [0.15, 0.2) is 14.6 Å². The monoisotopic (exact) mass is 438 g/mol. The van der Waals surface area contributed by atoms with Gasteiger partial charge in [-0.3, -0.25) is 4.79 Å². The van der Waals surface area contributed by atoms with E-state index in [2.05, 4.69) is 20.9 Å². The van der Waals surface area contributed by atoms with E-state index in [1.165, 1.54) is 23.5 Å². The number of rotatable bonds is 3. The van der Waals surface area contributed by atoms with Crippen LogP contribution in [0.2, 0.25) is 0 Å². The van der Waals surface area contributed by atoms with Crippen molar-refractivity contribution in [3.8, 4) is 0 Å². The summed E-state index contributed by atoms with van der Waals surface area (Å²) in [6.45, 7) is 2.67. The lowest BCUT2D eigenvalue weighted by Gasteiger charge is -2.01. The van der Waals surface area contributed by atoms with Gasteiger partial charge in [-0.1, -0.05) is 33.3 Å². The Morgan fingerprint density at radius 1 is 1.24 bits per heavy atom. The molecule has 0 spiro atoms. The van der Waals surface area contributed by atoms with Crippen LogP contribution < -0.4 is 4.80 Å². The van der Waals surface area contributed by atoms with Crippen molar-refractivity contribution in [2.45, 2.75) is 18.4 Å². The summed E-state index contributed by atoms with van der Waals surface area (Å²) in [6, 6.07) is 11.9. The molecule has 2 aromatic carbocycles. The van der Waals surface area contributed by atoms with E-state index >= 15 is 0 Å². The van der Waals surface area contributed by atoms with Gasteiger partial charge in [-0.2, -0.15) is 4.99 Å². The van der Waals surface area contributed by atoms with Crippen LogP contribution in [0.3, 0.4) is 0 Å². The number of thiazole rings is 1. The number of sulfone groups is 1. The number of hydrogen-bond acceptors (Lipinski definition) is 4. The zero-order valence-electron chi connectivity index (χ0n) is 13.6. The number of aromatic nitrogens is 1. The standard InChI is InChI=1S/C17H15BrN2O3S2/c1-3-20-14-8-7-12(18)10-15(14)24-17(20)19-16(21)11-5-4-6-13(9-11)25(2,22)23/h4-10H,3H2,1-2H3. The van der Waals surface area contributed by atoms with Crippen LogP contribution in [-0.2, 0) is 16.4 Å². The summed E-state index contributed by atoms with van der Waals surface area (Å²) in [4.78, 5) is 17.4. The zero-order chi connectivity index (χ0) is 18.2. The van der Waals surface area contributed by atoms with Crippen molar-refractivity contribution in [3.05, 3.63) is 57.3 Å². The van der Waals surface area contributed by atoms with Crippen molar-refractivity contribution in [1.82, 2.24) is 4.57 Å². The lowest BCUT2D eigenvalue weighted by atomic mass is 10.2. The summed E-state index contributed by atoms with van der Waals surface area (Å²) in [5.74, 6) is -0.460. The molecule has 0 saturated carbocycles. The molecule has 1 heterocycles. The summed E-state index contributed by atoms with van der Waals surface area (Å²) in [5, 5.41) is 0. The average molecular weight is 439 g/mol. The first kappa shape index (κ1) is 18.0. The third kappa shape index (κ3) is 3.75. The molecular formula is C17H15BrN2O3S2. The molecule has 0 saturated heterocycles. The Kier molecular flexibility index (Phi) is 4.95. The molecule has 0 N–H and O–H groups in total. The number of halogens is 1. The van der Waals surface area contributed by atoms with Gasteiger partial charge in [-0.15, -0.1) is 0 Å². The highest BCUT2D eigenvalue weighted by Gasteiger charge is 2.12. The number of aryl methyl sites for hydroxylation is 1. The fourth-order valence-electron chi connectivity index (χ4n) is 2.45. The molecule has 8 heteroatoms. The molecule has 3 aromatic rings. The van der Waals surface area contributed by atoms with Crippen molar-refractivity contribution in [3.63, 3.8) is 0 Å². The highest BCUT2D eigenvalue weighted by Crippen LogP contribution is 2.22. The molecule has 130 valence electrons. The van der Waals surface area contributed by atoms with Crippen molar-refractivity contribution in [2.24, 2.45) is 4.99 Å². The van der Waals surface area contributed by atoms with E-state index in [0.29, 0.717) is 11.3 Å². The highest BCUT2D eigenvalue weighted by atomic mass is 79.9. The fraction of sp³-hybridized carbons (Fsp3) is 0.176. The maximum atomic E-state index is 12.5. The third-order valence-electron chi connectivity index (χ3n) is 3.67. The molecule has 1 aromatic heterocycles. The third-order valence-corrected chi connectivity index (χ3v) is 6.31. The summed E-state index contributed by atoms with van der Waals surface area (Å²) >= 11 is 4.87. The SMILES string of the molecule is CCn1c(=NC(=O)c2cccc(S(C)(=O)=O)c2)sc2cc(Br)ccc21. The molecule has 0 aliphatic rings. The molecule has 1 amide bonds. The summed E-state index contributed by atoms with van der Waals surface area (Å²) in [5.41, 5.74) is 1.26. The Bertz CT molecular complexity index is 1140. The predicted molar refractivity (Wildman–Crippen MR) is 103 cm³/mol. The Morgan fingerprint density at radius 3 is 2.68 bits per heavy atom. The van der Waals surface area contributed by atoms with E-state index in [4.69, 9.17) is 0 Å². The van der Waals surface area contributed by atoms with Crippen LogP contribution in [0.25, 0.3) is 10.2 Å². The quantitative estimate of drug-likeness (QED) is 0.626. The Labute approximate surface area is 157 Å². The summed E-state index contributed by atoms with van der Waals surface area (Å²) < 4.78 is 27.3. The first-order valence-corrected chi connectivity index (χ1v) is 11.0. The van der Waals surface area contributed by atoms with Gasteiger partial charge in [0.05, 0.1) is 15.1 Å². The predicted octanol–water partition coefficient (Wildman–Crippen LogP) is 3.63. The average Bonchev–Trinajstić information content (AvgIpc) is 2.90. The Hall–Kier alpha value is -1.77. The first-order valence-electron chi connectivity index (χ1n) is 7.47. The van der Waals surface area contributed by atoms with Crippen molar-refractivity contribution in [2.75, 3.05) is 6.26 Å². The smallest absolute Gasteiger partial charge is 0.279 e. The van der Waals surface area contributed by atoms with E-state index in [0.717, 1.165) is 20.9 Å². The molecule has 0 aliphatic carbocycles. The molecule has 25 heavy (non-hydrogen) atoms. The van der Waals surface area contributed by atoms with Crippen LogP contribution in [0.1, 0.15) is 17.3 Å². The van der Waals surface area contributed by atoms with Crippen LogP contribution in [0.15, 0.2) is 56.8 Å². The zero-order valence-corrected chi connectivity index (χ0v) is 16.8. The maximum absolute atomic E-state index is 12.5. The van der Waals surface area contributed by atoms with E-state index in [-0.39, 0.29) is 10.5 Å². The molecule has 3 rings (SSSR count). The van der Waals surface area contributed by atoms with Crippen molar-refractivity contribution < 1.29 is 13.2 Å². The molecule has 0 unspecified atom stereocenters. The number of nitrogens with zero attached hydrogens (tertiary/aromatic N) is 2. The summed E-state index contributed by atoms with van der Waals surface area (Å²) in [7, 11) is -3.37. The van der Waals surface area contributed by atoms with E-state index in [1.54, 1.807) is 12.1 Å². The highest BCUT2D eigenvalue weighted by molar-refractivity contribution is 9.10. The van der Waals surface area contributed by atoms with Gasteiger partial charge in [-0.25, -0.2) is 8.42 Å². The molecule has 0 bridgehead atoms. The second-order valence-electron chi connectivity index (χ2n) is 5.46. The molecule has 5 nitrogen and oxygen atoms in total. The largest absolute Gasteiger partial charge is 0.317 e. The summed E-state index contributed by atoms with van der Waals surface area (Å²) in [6.07, 6.45) is 1.11. The molecule has 0 aliphatic heterocycles. The minimum absolute atomic E-state index is 0.109. The van der Waals surface area contributed by atoms with Crippen molar-refractivity contribution >= 4 is 53.2 Å². The van der Waals surface area contributed by atoms with Gasteiger partial charge in [0.2, 0.25) is 0 Å². The number of hydrogen-bond donors (Lipinski definition) is 0. The Balaban J connectivity index is 2.12. The van der Waals surface area contributed by atoms with Crippen LogP contribution in [-0.4, -0.2) is 25.1 Å². The second kappa shape index (κ2) is 6.86. The van der Waals surface area contributed by atoms with E-state index in [9.17, 15) is 13.2 Å². The minimum atomic E-state index is -3.37. The van der Waals surface area contributed by atoms with Gasteiger partial charge in [0.1, 0.15) is 0 Å². The van der Waals surface area contributed by atoms with Gasteiger partial charge in [-0.05, 0) is 43.3 Å². The van der Waals surface area contributed by atoms with E-state index < -0.39 is 15.7 Å². The minimum Gasteiger partial charge on any atom is -0.317 e. The number of carbonyl (C=O) groups is 1. The lowest BCUT2D eigenvalue weighted by Crippen LogP contribution is -2.16. The van der Waals surface area contributed by atoms with Crippen LogP contribution >= 0.6 is 27.3 Å². The van der Waals surface area contributed by atoms with Crippen LogP contribution in [0.4, 0.5) is 0 Å². The number of carbonyl (C=O) groups excluding carboxylic acids is 1. The van der Waals surface area contributed by atoms with Crippen molar-refractivity contribution in [1.29, 1.82) is 0 Å². The topological polar surface area (TPSA) is 68.5 Å². The second-order valence-corrected chi connectivity index (χ2v) is 9.40.